The summed E-state index contributed by atoms with van der Waals surface area (Å²) in [4.78, 5) is 32.4. The number of hydrogen-bond acceptors (Lipinski definition) is 4. The summed E-state index contributed by atoms with van der Waals surface area (Å²) in [6.07, 6.45) is 3.36. The van der Waals surface area contributed by atoms with Crippen molar-refractivity contribution in [2.24, 2.45) is 0 Å². The van der Waals surface area contributed by atoms with E-state index in [1.165, 1.54) is 4.70 Å². The Morgan fingerprint density at radius 1 is 1.12 bits per heavy atom. The molecular formula is C19H26N4O2S. The van der Waals surface area contributed by atoms with Gasteiger partial charge < -0.3 is 15.1 Å². The highest BCUT2D eigenvalue weighted by Crippen LogP contribution is 2.23. The lowest BCUT2D eigenvalue weighted by Gasteiger charge is -2.34. The highest BCUT2D eigenvalue weighted by atomic mass is 32.1. The number of aryl methyl sites for hydroxylation is 1. The third-order valence-corrected chi connectivity index (χ3v) is 5.71. The lowest BCUT2D eigenvalue weighted by atomic mass is 10.1. The molecule has 140 valence electrons. The number of para-hydroxylation sites is 1. The molecule has 0 atom stereocenters. The monoisotopic (exact) mass is 374 g/mol. The van der Waals surface area contributed by atoms with Crippen LogP contribution in [-0.2, 0) is 11.2 Å². The van der Waals surface area contributed by atoms with Crippen LogP contribution in [0.1, 0.15) is 31.2 Å². The molecule has 0 spiro atoms. The molecule has 1 aromatic heterocycles. The van der Waals surface area contributed by atoms with E-state index in [9.17, 15) is 9.59 Å². The minimum absolute atomic E-state index is 0.0320. The number of nitrogens with one attached hydrogen (secondary N) is 1. The maximum Gasteiger partial charge on any atom is 0.317 e. The number of nitrogens with zero attached hydrogens (tertiary/aromatic N) is 3. The molecule has 0 saturated carbocycles. The summed E-state index contributed by atoms with van der Waals surface area (Å²) in [5.41, 5.74) is 1.06. The Kier molecular flexibility index (Phi) is 6.44. The van der Waals surface area contributed by atoms with Gasteiger partial charge in [0.15, 0.2) is 0 Å². The van der Waals surface area contributed by atoms with Gasteiger partial charge in [-0.15, -0.1) is 11.3 Å². The van der Waals surface area contributed by atoms with Crippen LogP contribution in [0.4, 0.5) is 4.79 Å². The number of piperazine rings is 1. The third kappa shape index (κ3) is 4.72. The van der Waals surface area contributed by atoms with Crippen molar-refractivity contribution in [1.82, 2.24) is 20.1 Å². The summed E-state index contributed by atoms with van der Waals surface area (Å²) in [6.45, 7) is 5.03. The van der Waals surface area contributed by atoms with Crippen molar-refractivity contribution in [3.05, 3.63) is 29.3 Å². The minimum atomic E-state index is -0.0320. The molecule has 7 heteroatoms. The molecule has 3 rings (SSSR count). The zero-order valence-corrected chi connectivity index (χ0v) is 16.1. The van der Waals surface area contributed by atoms with Crippen molar-refractivity contribution in [3.63, 3.8) is 0 Å². The van der Waals surface area contributed by atoms with Crippen molar-refractivity contribution in [2.45, 2.75) is 32.6 Å². The third-order valence-electron chi connectivity index (χ3n) is 4.62. The van der Waals surface area contributed by atoms with Crippen molar-refractivity contribution in [3.8, 4) is 0 Å². The van der Waals surface area contributed by atoms with E-state index < -0.39 is 0 Å². The van der Waals surface area contributed by atoms with Gasteiger partial charge in [-0.3, -0.25) is 4.79 Å². The van der Waals surface area contributed by atoms with Crippen LogP contribution in [0, 0.1) is 0 Å². The second kappa shape index (κ2) is 8.98. The zero-order chi connectivity index (χ0) is 18.4. The second-order valence-electron chi connectivity index (χ2n) is 6.49. The van der Waals surface area contributed by atoms with E-state index in [-0.39, 0.29) is 11.9 Å². The number of carbonyl (C=O) groups excluding carboxylic acids is 2. The van der Waals surface area contributed by atoms with Crippen LogP contribution >= 0.6 is 11.3 Å². The Morgan fingerprint density at radius 3 is 2.58 bits per heavy atom. The molecule has 0 radical (unpaired) electrons. The molecule has 2 heterocycles. The van der Waals surface area contributed by atoms with Gasteiger partial charge in [0.1, 0.15) is 0 Å². The first-order chi connectivity index (χ1) is 12.7. The van der Waals surface area contributed by atoms with Crippen LogP contribution in [-0.4, -0.2) is 59.4 Å². The predicted octanol–water partition coefficient (Wildman–Crippen LogP) is 2.88. The number of rotatable bonds is 6. The smallest absolute Gasteiger partial charge is 0.317 e. The fourth-order valence-electron chi connectivity index (χ4n) is 3.16. The van der Waals surface area contributed by atoms with Gasteiger partial charge in [-0.25, -0.2) is 9.78 Å². The van der Waals surface area contributed by atoms with Crippen molar-refractivity contribution in [2.75, 3.05) is 32.7 Å². The number of urea groups is 1. The molecule has 0 bridgehead atoms. The molecule has 26 heavy (non-hydrogen) atoms. The predicted molar refractivity (Wildman–Crippen MR) is 104 cm³/mol. The number of benzene rings is 1. The Hall–Kier alpha value is -2.15. The van der Waals surface area contributed by atoms with Gasteiger partial charge in [0, 0.05) is 39.1 Å². The lowest BCUT2D eigenvalue weighted by molar-refractivity contribution is -0.132. The van der Waals surface area contributed by atoms with E-state index >= 15 is 0 Å². The van der Waals surface area contributed by atoms with E-state index in [1.807, 2.05) is 30.0 Å². The summed E-state index contributed by atoms with van der Waals surface area (Å²) in [5.74, 6) is 0.199. The first-order valence-electron chi connectivity index (χ1n) is 9.32. The van der Waals surface area contributed by atoms with Crippen molar-refractivity contribution < 1.29 is 9.59 Å². The molecule has 0 unspecified atom stereocenters. The molecular weight excluding hydrogens is 348 g/mol. The number of unbranched alkanes of at least 4 members (excludes halogenated alkanes) is 1. The Labute approximate surface area is 158 Å². The molecule has 2 aromatic rings. The van der Waals surface area contributed by atoms with E-state index in [0.717, 1.165) is 29.8 Å². The average molecular weight is 375 g/mol. The highest BCUT2D eigenvalue weighted by molar-refractivity contribution is 7.18. The van der Waals surface area contributed by atoms with Crippen LogP contribution in [0.3, 0.4) is 0 Å². The minimum Gasteiger partial charge on any atom is -0.339 e. The largest absolute Gasteiger partial charge is 0.339 e. The van der Waals surface area contributed by atoms with E-state index in [1.54, 1.807) is 16.2 Å². The van der Waals surface area contributed by atoms with Crippen molar-refractivity contribution in [1.29, 1.82) is 0 Å². The SMILES string of the molecule is CCNC(=O)N1CCN(C(=O)CCCCc2nc3ccccc3s2)CC1. The number of aromatic nitrogens is 1. The van der Waals surface area contributed by atoms with Gasteiger partial charge >= 0.3 is 6.03 Å². The molecule has 3 amide bonds. The summed E-state index contributed by atoms with van der Waals surface area (Å²) in [6, 6.07) is 8.15. The van der Waals surface area contributed by atoms with E-state index in [0.29, 0.717) is 39.1 Å². The van der Waals surface area contributed by atoms with Crippen LogP contribution in [0.5, 0.6) is 0 Å². The first-order valence-corrected chi connectivity index (χ1v) is 10.1. The summed E-state index contributed by atoms with van der Waals surface area (Å²) in [5, 5.41) is 3.95. The molecule has 1 aliphatic heterocycles. The van der Waals surface area contributed by atoms with Gasteiger partial charge in [0.25, 0.3) is 0 Å². The maximum atomic E-state index is 12.3. The Balaban J connectivity index is 1.36. The normalized spacial score (nSPS) is 14.7. The summed E-state index contributed by atoms with van der Waals surface area (Å²) in [7, 11) is 0. The van der Waals surface area contributed by atoms with Crippen molar-refractivity contribution >= 4 is 33.5 Å². The van der Waals surface area contributed by atoms with Gasteiger partial charge in [0.05, 0.1) is 15.2 Å². The standard InChI is InChI=1S/C19H26N4O2S/c1-2-20-19(25)23-13-11-22(12-14-23)18(24)10-6-5-9-17-21-15-7-3-4-8-16(15)26-17/h3-4,7-8H,2,5-6,9-14H2,1H3,(H,20,25). The quantitative estimate of drug-likeness (QED) is 0.791. The van der Waals surface area contributed by atoms with Gasteiger partial charge in [-0.1, -0.05) is 12.1 Å². The average Bonchev–Trinajstić information content (AvgIpc) is 3.08. The van der Waals surface area contributed by atoms with Gasteiger partial charge in [-0.2, -0.15) is 0 Å². The summed E-state index contributed by atoms with van der Waals surface area (Å²) >= 11 is 1.74. The lowest BCUT2D eigenvalue weighted by Crippen LogP contribution is -2.53. The molecule has 1 aromatic carbocycles. The number of hydrogen-bond donors (Lipinski definition) is 1. The molecule has 1 aliphatic rings. The highest BCUT2D eigenvalue weighted by Gasteiger charge is 2.23. The second-order valence-corrected chi connectivity index (χ2v) is 7.60. The topological polar surface area (TPSA) is 65.5 Å². The Bertz CT molecular complexity index is 720. The van der Waals surface area contributed by atoms with E-state index in [2.05, 4.69) is 16.4 Å². The zero-order valence-electron chi connectivity index (χ0n) is 15.2. The molecule has 6 nitrogen and oxygen atoms in total. The first kappa shape index (κ1) is 18.6. The Morgan fingerprint density at radius 2 is 1.85 bits per heavy atom. The van der Waals surface area contributed by atoms with Gasteiger partial charge in [-0.05, 0) is 38.3 Å². The number of carbonyl (C=O) groups is 2. The van der Waals surface area contributed by atoms with Crippen LogP contribution in [0.25, 0.3) is 10.2 Å². The maximum absolute atomic E-state index is 12.3. The van der Waals surface area contributed by atoms with E-state index in [4.69, 9.17) is 0 Å². The van der Waals surface area contributed by atoms with Gasteiger partial charge in [0.2, 0.25) is 5.91 Å². The fraction of sp³-hybridized carbons (Fsp3) is 0.526. The number of thiazole rings is 1. The molecule has 1 saturated heterocycles. The van der Waals surface area contributed by atoms with Crippen LogP contribution < -0.4 is 5.32 Å². The van der Waals surface area contributed by atoms with Crippen LogP contribution in [0.15, 0.2) is 24.3 Å². The van der Waals surface area contributed by atoms with Crippen LogP contribution in [0.2, 0.25) is 0 Å². The number of amides is 3. The summed E-state index contributed by atoms with van der Waals surface area (Å²) < 4.78 is 1.23. The molecule has 1 fully saturated rings. The molecule has 1 N–H and O–H groups in total. The fourth-order valence-corrected chi connectivity index (χ4v) is 4.17. The molecule has 0 aliphatic carbocycles. The number of fused-ring (bicyclic) bond motifs is 1.